The highest BCUT2D eigenvalue weighted by molar-refractivity contribution is 7.14. The molecule has 3 aromatic rings. The summed E-state index contributed by atoms with van der Waals surface area (Å²) in [4.78, 5) is 28.2. The van der Waals surface area contributed by atoms with E-state index in [4.69, 9.17) is 9.47 Å². The highest BCUT2D eigenvalue weighted by Crippen LogP contribution is 2.25. The van der Waals surface area contributed by atoms with Crippen LogP contribution in [-0.2, 0) is 20.7 Å². The number of aromatic nitrogens is 1. The molecule has 0 saturated carbocycles. The van der Waals surface area contributed by atoms with Crippen molar-refractivity contribution in [3.63, 3.8) is 0 Å². The second kappa shape index (κ2) is 9.84. The zero-order chi connectivity index (χ0) is 20.6. The van der Waals surface area contributed by atoms with Gasteiger partial charge in [-0.3, -0.25) is 10.1 Å². The van der Waals surface area contributed by atoms with Gasteiger partial charge in [-0.15, -0.1) is 11.3 Å². The Morgan fingerprint density at radius 2 is 1.90 bits per heavy atom. The molecule has 2 aromatic carbocycles. The van der Waals surface area contributed by atoms with Crippen LogP contribution in [0.5, 0.6) is 5.75 Å². The maximum absolute atomic E-state index is 12.0. The third-order valence-corrected chi connectivity index (χ3v) is 4.88. The van der Waals surface area contributed by atoms with Crippen molar-refractivity contribution in [3.8, 4) is 17.0 Å². The van der Waals surface area contributed by atoms with Crippen molar-refractivity contribution in [3.05, 3.63) is 65.0 Å². The van der Waals surface area contributed by atoms with Crippen LogP contribution in [0.25, 0.3) is 11.3 Å². The molecule has 0 spiro atoms. The molecule has 0 radical (unpaired) electrons. The van der Waals surface area contributed by atoms with E-state index in [1.807, 2.05) is 42.6 Å². The van der Waals surface area contributed by atoms with Crippen LogP contribution in [-0.4, -0.2) is 30.1 Å². The number of nitrogens with zero attached hydrogens (tertiary/aromatic N) is 1. The molecule has 6 nitrogen and oxygen atoms in total. The summed E-state index contributed by atoms with van der Waals surface area (Å²) >= 11 is 1.32. The molecule has 0 bridgehead atoms. The molecule has 0 unspecified atom stereocenters. The maximum Gasteiger partial charge on any atom is 0.344 e. The molecule has 0 atom stereocenters. The first-order valence-corrected chi connectivity index (χ1v) is 10.1. The molecule has 0 aliphatic carbocycles. The number of anilines is 1. The third kappa shape index (κ3) is 6.15. The highest BCUT2D eigenvalue weighted by Gasteiger charge is 2.11. The zero-order valence-corrected chi connectivity index (χ0v) is 17.1. The maximum atomic E-state index is 12.0. The number of esters is 1. The van der Waals surface area contributed by atoms with Gasteiger partial charge >= 0.3 is 5.97 Å². The van der Waals surface area contributed by atoms with Gasteiger partial charge in [-0.2, -0.15) is 0 Å². The number of ether oxygens (including phenoxy) is 2. The van der Waals surface area contributed by atoms with Crippen LogP contribution in [0.15, 0.2) is 53.9 Å². The predicted octanol–water partition coefficient (Wildman–Crippen LogP) is 4.24. The summed E-state index contributed by atoms with van der Waals surface area (Å²) in [5.41, 5.74) is 4.06. The molecular weight excluding hydrogens is 388 g/mol. The Morgan fingerprint density at radius 3 is 2.62 bits per heavy atom. The lowest BCUT2D eigenvalue weighted by Gasteiger charge is -2.07. The monoisotopic (exact) mass is 410 g/mol. The molecule has 1 amide bonds. The largest absolute Gasteiger partial charge is 0.482 e. The molecule has 0 aliphatic heterocycles. The number of benzene rings is 2. The van der Waals surface area contributed by atoms with Gasteiger partial charge < -0.3 is 9.47 Å². The quantitative estimate of drug-likeness (QED) is 0.562. The summed E-state index contributed by atoms with van der Waals surface area (Å²) in [6.45, 7) is 3.38. The first-order valence-electron chi connectivity index (χ1n) is 9.23. The van der Waals surface area contributed by atoms with Gasteiger partial charge in [0.05, 0.1) is 5.69 Å². The second-order valence-electron chi connectivity index (χ2n) is 6.40. The van der Waals surface area contributed by atoms with Crippen molar-refractivity contribution in [1.82, 2.24) is 4.98 Å². The molecule has 0 saturated heterocycles. The molecule has 150 valence electrons. The number of thiazole rings is 1. The average molecular weight is 410 g/mol. The van der Waals surface area contributed by atoms with Crippen LogP contribution in [0.2, 0.25) is 0 Å². The van der Waals surface area contributed by atoms with Crippen LogP contribution in [0.3, 0.4) is 0 Å². The van der Waals surface area contributed by atoms with Crippen LogP contribution in [0.1, 0.15) is 18.1 Å². The summed E-state index contributed by atoms with van der Waals surface area (Å²) in [5.74, 6) is -0.484. The standard InChI is InChI=1S/C22H22N2O4S/c1-3-16-7-9-17(10-8-16)19-14-29-22(23-19)24-20(25)12-28-21(26)13-27-18-6-4-5-15(2)11-18/h4-11,14H,3,12-13H2,1-2H3,(H,23,24,25). The van der Waals surface area contributed by atoms with E-state index in [0.29, 0.717) is 10.9 Å². The van der Waals surface area contributed by atoms with Crippen molar-refractivity contribution >= 4 is 28.3 Å². The summed E-state index contributed by atoms with van der Waals surface area (Å²) in [5, 5.41) is 4.97. The number of carbonyl (C=O) groups is 2. The van der Waals surface area contributed by atoms with E-state index in [1.165, 1.54) is 16.9 Å². The van der Waals surface area contributed by atoms with Crippen molar-refractivity contribution < 1.29 is 19.1 Å². The number of aryl methyl sites for hydroxylation is 2. The fourth-order valence-electron chi connectivity index (χ4n) is 2.57. The van der Waals surface area contributed by atoms with Gasteiger partial charge in [0.1, 0.15) is 5.75 Å². The Morgan fingerprint density at radius 1 is 1.10 bits per heavy atom. The summed E-state index contributed by atoms with van der Waals surface area (Å²) < 4.78 is 10.3. The number of rotatable bonds is 8. The lowest BCUT2D eigenvalue weighted by molar-refractivity contribution is -0.149. The second-order valence-corrected chi connectivity index (χ2v) is 7.26. The Labute approximate surface area is 173 Å². The van der Waals surface area contributed by atoms with Crippen molar-refractivity contribution in [2.45, 2.75) is 20.3 Å². The van der Waals surface area contributed by atoms with E-state index in [0.717, 1.165) is 23.2 Å². The van der Waals surface area contributed by atoms with Gasteiger partial charge in [-0.05, 0) is 36.6 Å². The van der Waals surface area contributed by atoms with E-state index in [1.54, 1.807) is 6.07 Å². The molecule has 29 heavy (non-hydrogen) atoms. The van der Waals surface area contributed by atoms with Gasteiger partial charge in [-0.25, -0.2) is 9.78 Å². The first-order chi connectivity index (χ1) is 14.0. The molecule has 1 aromatic heterocycles. The van der Waals surface area contributed by atoms with Crippen LogP contribution in [0.4, 0.5) is 5.13 Å². The Hall–Kier alpha value is -3.19. The van der Waals surface area contributed by atoms with E-state index < -0.39 is 18.5 Å². The van der Waals surface area contributed by atoms with Gasteiger partial charge in [0.25, 0.3) is 5.91 Å². The molecule has 1 N–H and O–H groups in total. The average Bonchev–Trinajstić information content (AvgIpc) is 3.19. The van der Waals surface area contributed by atoms with Crippen molar-refractivity contribution in [2.24, 2.45) is 0 Å². The van der Waals surface area contributed by atoms with Gasteiger partial charge in [0.15, 0.2) is 18.3 Å². The number of amides is 1. The fraction of sp³-hybridized carbons (Fsp3) is 0.227. The topological polar surface area (TPSA) is 77.5 Å². The summed E-state index contributed by atoms with van der Waals surface area (Å²) in [7, 11) is 0. The van der Waals surface area contributed by atoms with E-state index in [2.05, 4.69) is 29.4 Å². The Kier molecular flexibility index (Phi) is 6.97. The summed E-state index contributed by atoms with van der Waals surface area (Å²) in [6, 6.07) is 15.5. The fourth-order valence-corrected chi connectivity index (χ4v) is 3.30. The molecule has 0 aliphatic rings. The molecule has 0 fully saturated rings. The van der Waals surface area contributed by atoms with Gasteiger partial charge in [0.2, 0.25) is 0 Å². The summed E-state index contributed by atoms with van der Waals surface area (Å²) in [6.07, 6.45) is 0.980. The van der Waals surface area contributed by atoms with Crippen LogP contribution < -0.4 is 10.1 Å². The lowest BCUT2D eigenvalue weighted by atomic mass is 10.1. The van der Waals surface area contributed by atoms with Crippen molar-refractivity contribution in [1.29, 1.82) is 0 Å². The SMILES string of the molecule is CCc1ccc(-c2csc(NC(=O)COC(=O)COc3cccc(C)c3)n2)cc1. The van der Waals surface area contributed by atoms with E-state index >= 15 is 0 Å². The number of hydrogen-bond donors (Lipinski definition) is 1. The molecule has 7 heteroatoms. The Balaban J connectivity index is 1.44. The molecule has 3 rings (SSSR count). The Bertz CT molecular complexity index is 982. The molecular formula is C22H22N2O4S. The molecule has 1 heterocycles. The minimum atomic E-state index is -0.613. The number of hydrogen-bond acceptors (Lipinski definition) is 6. The van der Waals surface area contributed by atoms with Crippen molar-refractivity contribution in [2.75, 3.05) is 18.5 Å². The minimum absolute atomic E-state index is 0.258. The van der Waals surface area contributed by atoms with E-state index in [-0.39, 0.29) is 6.61 Å². The minimum Gasteiger partial charge on any atom is -0.482 e. The number of carbonyl (C=O) groups excluding carboxylic acids is 2. The zero-order valence-electron chi connectivity index (χ0n) is 16.3. The third-order valence-electron chi connectivity index (χ3n) is 4.12. The van der Waals surface area contributed by atoms with E-state index in [9.17, 15) is 9.59 Å². The van der Waals surface area contributed by atoms with Crippen LogP contribution in [0, 0.1) is 6.92 Å². The lowest BCUT2D eigenvalue weighted by Crippen LogP contribution is -2.23. The van der Waals surface area contributed by atoms with Gasteiger partial charge in [-0.1, -0.05) is 43.3 Å². The normalized spacial score (nSPS) is 10.4. The van der Waals surface area contributed by atoms with Crippen LogP contribution >= 0.6 is 11.3 Å². The first kappa shape index (κ1) is 20.5. The van der Waals surface area contributed by atoms with Gasteiger partial charge in [0, 0.05) is 10.9 Å². The highest BCUT2D eigenvalue weighted by atomic mass is 32.1. The number of nitrogens with one attached hydrogen (secondary N) is 1. The predicted molar refractivity (Wildman–Crippen MR) is 113 cm³/mol. The smallest absolute Gasteiger partial charge is 0.344 e.